The van der Waals surface area contributed by atoms with Gasteiger partial charge in [-0.15, -0.1) is 0 Å². The van der Waals surface area contributed by atoms with Gasteiger partial charge in [0.25, 0.3) is 0 Å². The molecule has 4 atom stereocenters. The van der Waals surface area contributed by atoms with Crippen LogP contribution in [0.1, 0.15) is 32.6 Å². The average Bonchev–Trinajstić information content (AvgIpc) is 2.63. The Hall–Kier alpha value is -2.38. The van der Waals surface area contributed by atoms with E-state index in [0.717, 1.165) is 0 Å². The molecule has 13 heteroatoms. The maximum Gasteiger partial charge on any atom is 0.327 e. The van der Waals surface area contributed by atoms with Crippen LogP contribution >= 0.6 is 12.6 Å². The summed E-state index contributed by atoms with van der Waals surface area (Å²) in [6.07, 6.45) is 0.681. The third-order valence-electron chi connectivity index (χ3n) is 3.86. The molecule has 9 N–H and O–H groups in total. The summed E-state index contributed by atoms with van der Waals surface area (Å²) in [5.74, 6) is -4.94. The van der Waals surface area contributed by atoms with Gasteiger partial charge in [-0.2, -0.15) is 12.6 Å². The Morgan fingerprint density at radius 1 is 0.931 bits per heavy atom. The number of hydrogen-bond donors (Lipinski definition) is 8. The van der Waals surface area contributed by atoms with Crippen molar-refractivity contribution in [1.82, 2.24) is 16.0 Å². The molecule has 0 saturated carbocycles. The second-order valence-electron chi connectivity index (χ2n) is 6.36. The number of unbranched alkanes of at least 4 members (excludes halogenated alkanes) is 1. The highest BCUT2D eigenvalue weighted by Crippen LogP contribution is 2.03. The molecule has 4 unspecified atom stereocenters. The fourth-order valence-corrected chi connectivity index (χ4v) is 2.43. The summed E-state index contributed by atoms with van der Waals surface area (Å²) in [7, 11) is 0. The Bertz CT molecular complexity index is 604. The standard InChI is InChI=1S/C16H29N5O7S/c1-8(19-14(25)9(18)6-12(22)23)13(24)20-10(4-2-3-5-17)15(26)21-11(7-29)16(27)28/h8-11,29H,2-7,17-18H2,1H3,(H,19,25)(H,20,24)(H,21,26)(H,22,23)(H,27,28). The van der Waals surface area contributed by atoms with Crippen LogP contribution in [0.15, 0.2) is 0 Å². The number of rotatable bonds is 14. The van der Waals surface area contributed by atoms with Gasteiger partial charge in [0.15, 0.2) is 0 Å². The number of carbonyl (C=O) groups is 5. The summed E-state index contributed by atoms with van der Waals surface area (Å²) in [6, 6.07) is -4.72. The van der Waals surface area contributed by atoms with Crippen molar-refractivity contribution < 1.29 is 34.2 Å². The van der Waals surface area contributed by atoms with Crippen LogP contribution in [0.25, 0.3) is 0 Å². The molecule has 0 aromatic carbocycles. The predicted octanol–water partition coefficient (Wildman–Crippen LogP) is -2.59. The Morgan fingerprint density at radius 3 is 2.00 bits per heavy atom. The minimum atomic E-state index is -1.34. The smallest absolute Gasteiger partial charge is 0.327 e. The van der Waals surface area contributed by atoms with Gasteiger partial charge in [0, 0.05) is 5.75 Å². The van der Waals surface area contributed by atoms with E-state index in [2.05, 4.69) is 28.6 Å². The Morgan fingerprint density at radius 2 is 1.52 bits per heavy atom. The fraction of sp³-hybridized carbons (Fsp3) is 0.688. The van der Waals surface area contributed by atoms with Crippen molar-refractivity contribution in [3.05, 3.63) is 0 Å². The molecule has 3 amide bonds. The minimum Gasteiger partial charge on any atom is -0.481 e. The van der Waals surface area contributed by atoms with E-state index in [9.17, 15) is 24.0 Å². The molecule has 0 heterocycles. The van der Waals surface area contributed by atoms with Gasteiger partial charge in [0.1, 0.15) is 18.1 Å². The van der Waals surface area contributed by atoms with Gasteiger partial charge in [-0.05, 0) is 32.7 Å². The van der Waals surface area contributed by atoms with E-state index in [1.54, 1.807) is 0 Å². The number of carboxylic acids is 2. The number of carbonyl (C=O) groups excluding carboxylic acids is 3. The predicted molar refractivity (Wildman–Crippen MR) is 106 cm³/mol. The quantitative estimate of drug-likeness (QED) is 0.106. The van der Waals surface area contributed by atoms with Crippen molar-refractivity contribution in [3.63, 3.8) is 0 Å². The van der Waals surface area contributed by atoms with Gasteiger partial charge in [-0.3, -0.25) is 19.2 Å². The number of thiol groups is 1. The second-order valence-corrected chi connectivity index (χ2v) is 6.73. The lowest BCUT2D eigenvalue weighted by molar-refractivity contribution is -0.141. The van der Waals surface area contributed by atoms with Gasteiger partial charge in [0.2, 0.25) is 17.7 Å². The zero-order valence-corrected chi connectivity index (χ0v) is 17.0. The first-order chi connectivity index (χ1) is 13.5. The molecule has 0 aromatic rings. The van der Waals surface area contributed by atoms with Crippen molar-refractivity contribution in [2.45, 2.75) is 56.8 Å². The van der Waals surface area contributed by atoms with Gasteiger partial charge < -0.3 is 37.6 Å². The second kappa shape index (κ2) is 13.7. The zero-order chi connectivity index (χ0) is 22.6. The summed E-state index contributed by atoms with van der Waals surface area (Å²) >= 11 is 3.87. The van der Waals surface area contributed by atoms with Crippen LogP contribution in [0.4, 0.5) is 0 Å². The molecule has 0 aromatic heterocycles. The first kappa shape index (κ1) is 26.6. The van der Waals surface area contributed by atoms with Gasteiger partial charge in [0.05, 0.1) is 12.5 Å². The maximum absolute atomic E-state index is 12.4. The highest BCUT2D eigenvalue weighted by atomic mass is 32.1. The van der Waals surface area contributed by atoms with E-state index < -0.39 is 60.2 Å². The Labute approximate surface area is 173 Å². The molecule has 0 rings (SSSR count). The van der Waals surface area contributed by atoms with Crippen molar-refractivity contribution in [2.75, 3.05) is 12.3 Å². The molecule has 0 fully saturated rings. The third-order valence-corrected chi connectivity index (χ3v) is 4.23. The third kappa shape index (κ3) is 10.7. The topological polar surface area (TPSA) is 214 Å². The molecule has 0 spiro atoms. The number of hydrogen-bond acceptors (Lipinski definition) is 8. The molecule has 12 nitrogen and oxygen atoms in total. The van der Waals surface area contributed by atoms with Crippen LogP contribution in [-0.2, 0) is 24.0 Å². The van der Waals surface area contributed by atoms with Crippen molar-refractivity contribution in [1.29, 1.82) is 0 Å². The lowest BCUT2D eigenvalue weighted by atomic mass is 10.1. The van der Waals surface area contributed by atoms with E-state index >= 15 is 0 Å². The van der Waals surface area contributed by atoms with Crippen molar-refractivity contribution in [2.24, 2.45) is 11.5 Å². The summed E-state index contributed by atoms with van der Waals surface area (Å²) in [5.41, 5.74) is 10.9. The number of aliphatic carboxylic acids is 2. The van der Waals surface area contributed by atoms with Crippen LogP contribution in [0, 0.1) is 0 Å². The normalized spacial score (nSPS) is 14.8. The molecular formula is C16H29N5O7S. The molecule has 0 aliphatic rings. The summed E-state index contributed by atoms with van der Waals surface area (Å²) in [6.45, 7) is 1.72. The molecule has 0 saturated heterocycles. The van der Waals surface area contributed by atoms with Crippen LogP contribution in [0.5, 0.6) is 0 Å². The largest absolute Gasteiger partial charge is 0.481 e. The van der Waals surface area contributed by atoms with E-state index in [1.807, 2.05) is 0 Å². The van der Waals surface area contributed by atoms with Gasteiger partial charge in [-0.25, -0.2) is 4.79 Å². The van der Waals surface area contributed by atoms with Crippen LogP contribution in [-0.4, -0.2) is 76.3 Å². The van der Waals surface area contributed by atoms with E-state index in [-0.39, 0.29) is 12.2 Å². The first-order valence-corrected chi connectivity index (χ1v) is 9.58. The maximum atomic E-state index is 12.4. The van der Waals surface area contributed by atoms with Crippen LogP contribution in [0.3, 0.4) is 0 Å². The molecule has 0 aliphatic heterocycles. The lowest BCUT2D eigenvalue weighted by Gasteiger charge is -2.23. The highest BCUT2D eigenvalue weighted by Gasteiger charge is 2.28. The molecule has 166 valence electrons. The molecule has 29 heavy (non-hydrogen) atoms. The molecule has 0 bridgehead atoms. The monoisotopic (exact) mass is 435 g/mol. The van der Waals surface area contributed by atoms with Crippen molar-refractivity contribution >= 4 is 42.3 Å². The number of amides is 3. The van der Waals surface area contributed by atoms with Gasteiger partial charge >= 0.3 is 11.9 Å². The molecular weight excluding hydrogens is 406 g/mol. The van der Waals surface area contributed by atoms with Gasteiger partial charge in [-0.1, -0.05) is 0 Å². The lowest BCUT2D eigenvalue weighted by Crippen LogP contribution is -2.56. The van der Waals surface area contributed by atoms with Crippen LogP contribution < -0.4 is 27.4 Å². The molecule has 0 aliphatic carbocycles. The van der Waals surface area contributed by atoms with Crippen LogP contribution in [0.2, 0.25) is 0 Å². The number of carboxylic acid groups (broad SMARTS) is 2. The molecule has 0 radical (unpaired) electrons. The fourth-order valence-electron chi connectivity index (χ4n) is 2.18. The Balaban J connectivity index is 5.00. The summed E-state index contributed by atoms with van der Waals surface area (Å²) in [4.78, 5) is 58.2. The van der Waals surface area contributed by atoms with E-state index in [0.29, 0.717) is 19.4 Å². The van der Waals surface area contributed by atoms with E-state index in [1.165, 1.54) is 6.92 Å². The van der Waals surface area contributed by atoms with Crippen molar-refractivity contribution in [3.8, 4) is 0 Å². The highest BCUT2D eigenvalue weighted by molar-refractivity contribution is 7.80. The minimum absolute atomic E-state index is 0.140. The Kier molecular flexibility index (Phi) is 12.6. The summed E-state index contributed by atoms with van der Waals surface area (Å²) in [5, 5.41) is 24.7. The number of nitrogens with two attached hydrogens (primary N) is 2. The summed E-state index contributed by atoms with van der Waals surface area (Å²) < 4.78 is 0. The van der Waals surface area contributed by atoms with E-state index in [4.69, 9.17) is 21.7 Å². The SMILES string of the molecule is CC(NC(=O)C(N)CC(=O)O)C(=O)NC(CCCCN)C(=O)NC(CS)C(=O)O. The first-order valence-electron chi connectivity index (χ1n) is 8.95. The number of nitrogens with one attached hydrogen (secondary N) is 3. The zero-order valence-electron chi connectivity index (χ0n) is 16.1. The average molecular weight is 436 g/mol.